The molecule has 12 heavy (non-hydrogen) atoms. The van der Waals surface area contributed by atoms with E-state index in [1.54, 1.807) is 6.92 Å². The minimum atomic E-state index is -4.45. The Morgan fingerprint density at radius 2 is 2.08 bits per heavy atom. The van der Waals surface area contributed by atoms with Crippen LogP contribution in [0.15, 0.2) is 0 Å². The van der Waals surface area contributed by atoms with Crippen molar-refractivity contribution in [1.82, 2.24) is 0 Å². The molecule has 1 fully saturated rings. The third-order valence-electron chi connectivity index (χ3n) is 1.83. The number of halogens is 3. The molecule has 0 N–H and O–H groups in total. The van der Waals surface area contributed by atoms with Gasteiger partial charge in [-0.1, -0.05) is 6.92 Å². The topological polar surface area (TPSA) is 26.3 Å². The first kappa shape index (κ1) is 9.35. The quantitative estimate of drug-likeness (QED) is 0.533. The van der Waals surface area contributed by atoms with E-state index in [0.29, 0.717) is 0 Å². The van der Waals surface area contributed by atoms with Gasteiger partial charge in [-0.25, -0.2) is 0 Å². The van der Waals surface area contributed by atoms with Crippen LogP contribution in [0.4, 0.5) is 13.2 Å². The van der Waals surface area contributed by atoms with Crippen molar-refractivity contribution >= 4 is 5.97 Å². The van der Waals surface area contributed by atoms with Gasteiger partial charge in [-0.05, 0) is 12.3 Å². The molecule has 2 atom stereocenters. The molecule has 5 heteroatoms. The Hall–Kier alpha value is -0.740. The monoisotopic (exact) mass is 182 g/mol. The molecule has 1 saturated heterocycles. The lowest BCUT2D eigenvalue weighted by Crippen LogP contribution is -2.38. The van der Waals surface area contributed by atoms with Crippen LogP contribution in [0.25, 0.3) is 0 Å². The standard InChI is InChI=1S/C7H9F3O2/c1-4-2-5(7(8,9)10)6(11)12-3-4/h4-5H,2-3H2,1H3. The van der Waals surface area contributed by atoms with Gasteiger partial charge >= 0.3 is 12.1 Å². The van der Waals surface area contributed by atoms with Crippen molar-refractivity contribution in [1.29, 1.82) is 0 Å². The van der Waals surface area contributed by atoms with E-state index in [4.69, 9.17) is 0 Å². The van der Waals surface area contributed by atoms with Gasteiger partial charge in [0, 0.05) is 0 Å². The normalized spacial score (nSPS) is 31.5. The lowest BCUT2D eigenvalue weighted by molar-refractivity contribution is -0.209. The lowest BCUT2D eigenvalue weighted by Gasteiger charge is -2.27. The Bertz CT molecular complexity index is 188. The molecule has 1 heterocycles. The number of esters is 1. The molecule has 1 aliphatic rings. The fraction of sp³-hybridized carbons (Fsp3) is 0.857. The molecule has 0 bridgehead atoms. The molecule has 0 aliphatic carbocycles. The second-order valence-corrected chi connectivity index (χ2v) is 3.07. The summed E-state index contributed by atoms with van der Waals surface area (Å²) in [6.07, 6.45) is -4.60. The molecule has 0 radical (unpaired) electrons. The van der Waals surface area contributed by atoms with Crippen LogP contribution in [-0.4, -0.2) is 18.8 Å². The van der Waals surface area contributed by atoms with E-state index >= 15 is 0 Å². The molecule has 1 rings (SSSR count). The number of ether oxygens (including phenoxy) is 1. The summed E-state index contributed by atoms with van der Waals surface area (Å²) in [5, 5.41) is 0. The van der Waals surface area contributed by atoms with Crippen molar-refractivity contribution in [2.24, 2.45) is 11.8 Å². The van der Waals surface area contributed by atoms with Crippen molar-refractivity contribution in [3.8, 4) is 0 Å². The molecule has 70 valence electrons. The van der Waals surface area contributed by atoms with Gasteiger partial charge in [0.1, 0.15) is 0 Å². The highest BCUT2D eigenvalue weighted by Crippen LogP contribution is 2.34. The zero-order chi connectivity index (χ0) is 9.35. The van der Waals surface area contributed by atoms with Gasteiger partial charge < -0.3 is 4.74 Å². The molecule has 0 amide bonds. The maximum absolute atomic E-state index is 12.1. The van der Waals surface area contributed by atoms with E-state index in [1.807, 2.05) is 0 Å². The van der Waals surface area contributed by atoms with Crippen LogP contribution in [0, 0.1) is 11.8 Å². The van der Waals surface area contributed by atoms with Crippen LogP contribution in [0.1, 0.15) is 13.3 Å². The SMILES string of the molecule is CC1COC(=O)C(C(F)(F)F)C1. The van der Waals surface area contributed by atoms with E-state index in [9.17, 15) is 18.0 Å². The van der Waals surface area contributed by atoms with Crippen LogP contribution in [0.3, 0.4) is 0 Å². The third-order valence-corrected chi connectivity index (χ3v) is 1.83. The summed E-state index contributed by atoms with van der Waals surface area (Å²) in [5.41, 5.74) is 0. The van der Waals surface area contributed by atoms with Crippen molar-refractivity contribution in [3.05, 3.63) is 0 Å². The van der Waals surface area contributed by atoms with Gasteiger partial charge in [-0.3, -0.25) is 4.79 Å². The van der Waals surface area contributed by atoms with E-state index in [-0.39, 0.29) is 18.9 Å². The van der Waals surface area contributed by atoms with Crippen molar-refractivity contribution in [2.75, 3.05) is 6.61 Å². The molecule has 2 unspecified atom stereocenters. The molecule has 0 aromatic rings. The van der Waals surface area contributed by atoms with E-state index in [1.165, 1.54) is 0 Å². The molecular formula is C7H9F3O2. The minimum absolute atomic E-state index is 0.103. The molecule has 0 spiro atoms. The van der Waals surface area contributed by atoms with Gasteiger partial charge in [0.25, 0.3) is 0 Å². The fourth-order valence-electron chi connectivity index (χ4n) is 1.16. The number of alkyl halides is 3. The summed E-state index contributed by atoms with van der Waals surface area (Å²) >= 11 is 0. The Morgan fingerprint density at radius 1 is 1.50 bits per heavy atom. The van der Waals surface area contributed by atoms with Crippen LogP contribution < -0.4 is 0 Å². The van der Waals surface area contributed by atoms with Gasteiger partial charge in [-0.2, -0.15) is 13.2 Å². The fourth-order valence-corrected chi connectivity index (χ4v) is 1.16. The zero-order valence-electron chi connectivity index (χ0n) is 6.52. The van der Waals surface area contributed by atoms with Gasteiger partial charge in [0.2, 0.25) is 0 Å². The van der Waals surface area contributed by atoms with E-state index < -0.39 is 18.1 Å². The number of hydrogen-bond donors (Lipinski definition) is 0. The molecule has 0 saturated carbocycles. The Balaban J connectivity index is 2.68. The van der Waals surface area contributed by atoms with E-state index in [2.05, 4.69) is 4.74 Å². The Morgan fingerprint density at radius 3 is 2.50 bits per heavy atom. The molecular weight excluding hydrogens is 173 g/mol. The maximum Gasteiger partial charge on any atom is 0.402 e. The van der Waals surface area contributed by atoms with Crippen LogP contribution >= 0.6 is 0 Å². The van der Waals surface area contributed by atoms with Crippen molar-refractivity contribution < 1.29 is 22.7 Å². The second-order valence-electron chi connectivity index (χ2n) is 3.07. The largest absolute Gasteiger partial charge is 0.465 e. The van der Waals surface area contributed by atoms with Crippen LogP contribution in [-0.2, 0) is 9.53 Å². The third kappa shape index (κ3) is 1.89. The summed E-state index contributed by atoms with van der Waals surface area (Å²) < 4.78 is 40.6. The Labute approximate surface area is 67.7 Å². The van der Waals surface area contributed by atoms with Crippen molar-refractivity contribution in [3.63, 3.8) is 0 Å². The lowest BCUT2D eigenvalue weighted by atomic mass is 9.93. The molecule has 2 nitrogen and oxygen atoms in total. The highest BCUT2D eigenvalue weighted by atomic mass is 19.4. The van der Waals surface area contributed by atoms with Crippen LogP contribution in [0.2, 0.25) is 0 Å². The molecule has 1 aliphatic heterocycles. The summed E-state index contributed by atoms with van der Waals surface area (Å²) in [5.74, 6) is -3.25. The summed E-state index contributed by atoms with van der Waals surface area (Å²) in [4.78, 5) is 10.6. The predicted octanol–water partition coefficient (Wildman–Crippen LogP) is 1.75. The number of hydrogen-bond acceptors (Lipinski definition) is 2. The molecule has 0 aromatic carbocycles. The second kappa shape index (κ2) is 2.95. The van der Waals surface area contributed by atoms with Gasteiger partial charge in [0.15, 0.2) is 5.92 Å². The van der Waals surface area contributed by atoms with Gasteiger partial charge in [-0.15, -0.1) is 0 Å². The Kier molecular flexibility index (Phi) is 2.30. The summed E-state index contributed by atoms with van der Waals surface area (Å²) in [6.45, 7) is 1.73. The highest BCUT2D eigenvalue weighted by Gasteiger charge is 2.48. The smallest absolute Gasteiger partial charge is 0.402 e. The first-order chi connectivity index (χ1) is 5.41. The number of carbonyl (C=O) groups is 1. The average molecular weight is 182 g/mol. The highest BCUT2D eigenvalue weighted by molar-refractivity contribution is 5.74. The predicted molar refractivity (Wildman–Crippen MR) is 34.3 cm³/mol. The summed E-state index contributed by atoms with van der Waals surface area (Å²) in [6, 6.07) is 0. The first-order valence-electron chi connectivity index (χ1n) is 3.64. The molecule has 0 aromatic heterocycles. The average Bonchev–Trinajstić information content (AvgIpc) is 1.92. The zero-order valence-corrected chi connectivity index (χ0v) is 6.52. The van der Waals surface area contributed by atoms with E-state index in [0.717, 1.165) is 0 Å². The number of rotatable bonds is 0. The first-order valence-corrected chi connectivity index (χ1v) is 3.64. The summed E-state index contributed by atoms with van der Waals surface area (Å²) in [7, 11) is 0. The number of carbonyl (C=O) groups excluding carboxylic acids is 1. The number of cyclic esters (lactones) is 1. The van der Waals surface area contributed by atoms with Crippen molar-refractivity contribution in [2.45, 2.75) is 19.5 Å². The van der Waals surface area contributed by atoms with Crippen LogP contribution in [0.5, 0.6) is 0 Å². The maximum atomic E-state index is 12.1. The van der Waals surface area contributed by atoms with Gasteiger partial charge in [0.05, 0.1) is 6.61 Å². The minimum Gasteiger partial charge on any atom is -0.465 e.